The Labute approximate surface area is 144 Å². The van der Waals surface area contributed by atoms with Crippen molar-refractivity contribution < 1.29 is 17.2 Å². The third kappa shape index (κ3) is 4.28. The van der Waals surface area contributed by atoms with Gasteiger partial charge in [0.2, 0.25) is 10.0 Å². The highest BCUT2D eigenvalue weighted by atomic mass is 32.2. The van der Waals surface area contributed by atoms with Crippen LogP contribution in [0.1, 0.15) is 11.1 Å². The summed E-state index contributed by atoms with van der Waals surface area (Å²) in [4.78, 5) is -0.706. The SMILES string of the molecule is O=S(=O)(NCc1ccc(Cn2cccn2)cc1)c1cc(F)ccc1F. The van der Waals surface area contributed by atoms with Gasteiger partial charge in [-0.2, -0.15) is 5.10 Å². The quantitative estimate of drug-likeness (QED) is 0.732. The third-order valence-corrected chi connectivity index (χ3v) is 4.99. The van der Waals surface area contributed by atoms with Gasteiger partial charge in [0, 0.05) is 18.9 Å². The van der Waals surface area contributed by atoms with E-state index in [2.05, 4.69) is 9.82 Å². The molecule has 0 aliphatic rings. The smallest absolute Gasteiger partial charge is 0.243 e. The van der Waals surface area contributed by atoms with Crippen LogP contribution in [0.15, 0.2) is 65.8 Å². The summed E-state index contributed by atoms with van der Waals surface area (Å²) in [5.41, 5.74) is 1.70. The molecule has 0 aliphatic carbocycles. The number of sulfonamides is 1. The van der Waals surface area contributed by atoms with E-state index in [0.29, 0.717) is 18.2 Å². The molecule has 0 aliphatic heterocycles. The van der Waals surface area contributed by atoms with Crippen molar-refractivity contribution in [3.8, 4) is 0 Å². The molecule has 5 nitrogen and oxygen atoms in total. The van der Waals surface area contributed by atoms with Crippen molar-refractivity contribution in [1.82, 2.24) is 14.5 Å². The van der Waals surface area contributed by atoms with Crippen LogP contribution >= 0.6 is 0 Å². The lowest BCUT2D eigenvalue weighted by molar-refractivity contribution is 0.545. The topological polar surface area (TPSA) is 64.0 Å². The second kappa shape index (κ2) is 7.12. The number of nitrogens with zero attached hydrogens (tertiary/aromatic N) is 2. The fraction of sp³-hybridized carbons (Fsp3) is 0.118. The molecular formula is C17H15F2N3O2S. The van der Waals surface area contributed by atoms with Crippen LogP contribution in [0.4, 0.5) is 8.78 Å². The van der Waals surface area contributed by atoms with Gasteiger partial charge in [0.1, 0.15) is 16.5 Å². The molecule has 0 atom stereocenters. The molecular weight excluding hydrogens is 348 g/mol. The fourth-order valence-electron chi connectivity index (χ4n) is 2.28. The van der Waals surface area contributed by atoms with Crippen LogP contribution in [-0.2, 0) is 23.1 Å². The van der Waals surface area contributed by atoms with E-state index < -0.39 is 26.6 Å². The number of hydrogen-bond donors (Lipinski definition) is 1. The van der Waals surface area contributed by atoms with Crippen LogP contribution < -0.4 is 4.72 Å². The van der Waals surface area contributed by atoms with Crippen molar-refractivity contribution in [1.29, 1.82) is 0 Å². The van der Waals surface area contributed by atoms with E-state index in [9.17, 15) is 17.2 Å². The summed E-state index contributed by atoms with van der Waals surface area (Å²) < 4.78 is 55.1. The Morgan fingerprint density at radius 3 is 2.44 bits per heavy atom. The maximum atomic E-state index is 13.6. The summed E-state index contributed by atoms with van der Waals surface area (Å²) in [7, 11) is -4.14. The Morgan fingerprint density at radius 1 is 1.04 bits per heavy atom. The zero-order valence-corrected chi connectivity index (χ0v) is 13.9. The molecule has 0 bridgehead atoms. The van der Waals surface area contributed by atoms with Gasteiger partial charge in [-0.3, -0.25) is 4.68 Å². The van der Waals surface area contributed by atoms with Crippen LogP contribution in [0, 0.1) is 11.6 Å². The Kier molecular flexibility index (Phi) is 4.91. The van der Waals surface area contributed by atoms with E-state index in [4.69, 9.17) is 0 Å². The number of nitrogens with one attached hydrogen (secondary N) is 1. The molecule has 0 saturated carbocycles. The summed E-state index contributed by atoms with van der Waals surface area (Å²) in [6.07, 6.45) is 3.53. The van der Waals surface area contributed by atoms with E-state index in [1.807, 2.05) is 24.4 Å². The lowest BCUT2D eigenvalue weighted by Gasteiger charge is -2.09. The molecule has 0 fully saturated rings. The van der Waals surface area contributed by atoms with Gasteiger partial charge in [-0.15, -0.1) is 0 Å². The van der Waals surface area contributed by atoms with Crippen molar-refractivity contribution in [3.05, 3.63) is 83.7 Å². The predicted molar refractivity (Wildman–Crippen MR) is 88.2 cm³/mol. The van der Waals surface area contributed by atoms with Crippen molar-refractivity contribution in [3.63, 3.8) is 0 Å². The molecule has 25 heavy (non-hydrogen) atoms. The Morgan fingerprint density at radius 2 is 1.76 bits per heavy atom. The zero-order chi connectivity index (χ0) is 17.9. The first kappa shape index (κ1) is 17.2. The standard InChI is InChI=1S/C17H15F2N3O2S/c18-15-6-7-16(19)17(10-15)25(23,24)21-11-13-2-4-14(5-3-13)12-22-9-1-8-20-22/h1-10,21H,11-12H2. The molecule has 130 valence electrons. The Bertz CT molecular complexity index is 956. The van der Waals surface area contributed by atoms with Crippen LogP contribution in [0.5, 0.6) is 0 Å². The van der Waals surface area contributed by atoms with Crippen LogP contribution in [0.2, 0.25) is 0 Å². The van der Waals surface area contributed by atoms with Crippen molar-refractivity contribution in [2.75, 3.05) is 0 Å². The van der Waals surface area contributed by atoms with Crippen LogP contribution in [-0.4, -0.2) is 18.2 Å². The zero-order valence-electron chi connectivity index (χ0n) is 13.1. The minimum Gasteiger partial charge on any atom is -0.268 e. The largest absolute Gasteiger partial charge is 0.268 e. The molecule has 8 heteroatoms. The monoisotopic (exact) mass is 363 g/mol. The molecule has 0 amide bonds. The molecule has 1 aromatic heterocycles. The van der Waals surface area contributed by atoms with Gasteiger partial charge in [0.25, 0.3) is 0 Å². The summed E-state index contributed by atoms with van der Waals surface area (Å²) in [5.74, 6) is -1.81. The summed E-state index contributed by atoms with van der Waals surface area (Å²) in [6.45, 7) is 0.577. The number of benzene rings is 2. The predicted octanol–water partition coefficient (Wildman–Crippen LogP) is 2.69. The minimum atomic E-state index is -4.14. The highest BCUT2D eigenvalue weighted by Crippen LogP contribution is 2.16. The third-order valence-electron chi connectivity index (χ3n) is 3.58. The van der Waals surface area contributed by atoms with E-state index in [1.54, 1.807) is 23.0 Å². The van der Waals surface area contributed by atoms with Crippen molar-refractivity contribution >= 4 is 10.0 Å². The number of halogens is 2. The molecule has 3 rings (SSSR count). The second-order valence-corrected chi connectivity index (χ2v) is 7.15. The van der Waals surface area contributed by atoms with Gasteiger partial charge in [-0.1, -0.05) is 24.3 Å². The van der Waals surface area contributed by atoms with E-state index in [1.165, 1.54) is 0 Å². The molecule has 1 heterocycles. The maximum absolute atomic E-state index is 13.6. The number of hydrogen-bond acceptors (Lipinski definition) is 3. The first-order chi connectivity index (χ1) is 11.9. The first-order valence-corrected chi connectivity index (χ1v) is 8.92. The molecule has 2 aromatic carbocycles. The highest BCUT2D eigenvalue weighted by Gasteiger charge is 2.19. The van der Waals surface area contributed by atoms with Gasteiger partial charge in [0.15, 0.2) is 0 Å². The van der Waals surface area contributed by atoms with Gasteiger partial charge < -0.3 is 0 Å². The minimum absolute atomic E-state index is 0.0274. The average molecular weight is 363 g/mol. The maximum Gasteiger partial charge on any atom is 0.243 e. The van der Waals surface area contributed by atoms with Gasteiger partial charge >= 0.3 is 0 Å². The van der Waals surface area contributed by atoms with Crippen molar-refractivity contribution in [2.45, 2.75) is 18.0 Å². The Hall–Kier alpha value is -2.58. The van der Waals surface area contributed by atoms with Gasteiger partial charge in [-0.05, 0) is 35.4 Å². The summed E-state index contributed by atoms with van der Waals surface area (Å²) in [6, 6.07) is 11.4. The number of rotatable bonds is 6. The van der Waals surface area contributed by atoms with E-state index >= 15 is 0 Å². The van der Waals surface area contributed by atoms with E-state index in [0.717, 1.165) is 17.7 Å². The highest BCUT2D eigenvalue weighted by molar-refractivity contribution is 7.89. The van der Waals surface area contributed by atoms with Crippen LogP contribution in [0.25, 0.3) is 0 Å². The molecule has 3 aromatic rings. The molecule has 0 radical (unpaired) electrons. The average Bonchev–Trinajstić information content (AvgIpc) is 3.09. The van der Waals surface area contributed by atoms with Gasteiger partial charge in [-0.25, -0.2) is 21.9 Å². The lowest BCUT2D eigenvalue weighted by atomic mass is 10.1. The molecule has 0 saturated heterocycles. The first-order valence-electron chi connectivity index (χ1n) is 7.44. The Balaban J connectivity index is 1.67. The molecule has 0 spiro atoms. The fourth-order valence-corrected chi connectivity index (χ4v) is 3.39. The molecule has 1 N–H and O–H groups in total. The van der Waals surface area contributed by atoms with E-state index in [-0.39, 0.29) is 6.54 Å². The number of aromatic nitrogens is 2. The summed E-state index contributed by atoms with van der Waals surface area (Å²) in [5, 5.41) is 4.11. The normalized spacial score (nSPS) is 11.6. The second-order valence-electron chi connectivity index (χ2n) is 5.42. The van der Waals surface area contributed by atoms with Crippen LogP contribution in [0.3, 0.4) is 0 Å². The lowest BCUT2D eigenvalue weighted by Crippen LogP contribution is -2.24. The molecule has 0 unspecified atom stereocenters. The van der Waals surface area contributed by atoms with Gasteiger partial charge in [0.05, 0.1) is 6.54 Å². The van der Waals surface area contributed by atoms with Crippen molar-refractivity contribution in [2.24, 2.45) is 0 Å². The summed E-state index contributed by atoms with van der Waals surface area (Å²) >= 11 is 0.